The lowest BCUT2D eigenvalue weighted by atomic mass is 9.88. The van der Waals surface area contributed by atoms with E-state index in [4.69, 9.17) is 4.74 Å². The van der Waals surface area contributed by atoms with Crippen LogP contribution in [0.2, 0.25) is 0 Å². The first-order valence-electron chi connectivity index (χ1n) is 13.6. The summed E-state index contributed by atoms with van der Waals surface area (Å²) in [5.41, 5.74) is 0.360. The maximum Gasteiger partial charge on any atom is 0.407 e. The van der Waals surface area contributed by atoms with E-state index < -0.39 is 23.5 Å². The largest absolute Gasteiger partial charge is 0.465 e. The summed E-state index contributed by atoms with van der Waals surface area (Å²) in [6.45, 7) is 10.6. The van der Waals surface area contributed by atoms with Crippen LogP contribution in [-0.4, -0.2) is 107 Å². The van der Waals surface area contributed by atoms with E-state index in [0.717, 1.165) is 5.56 Å². The van der Waals surface area contributed by atoms with E-state index >= 15 is 0 Å². The van der Waals surface area contributed by atoms with Crippen molar-refractivity contribution in [2.75, 3.05) is 50.8 Å². The third kappa shape index (κ3) is 6.01. The van der Waals surface area contributed by atoms with Gasteiger partial charge in [-0.05, 0) is 19.9 Å². The molecular formula is C27H39F2N5O5. The highest BCUT2D eigenvalue weighted by Crippen LogP contribution is 2.43. The summed E-state index contributed by atoms with van der Waals surface area (Å²) >= 11 is 0. The van der Waals surface area contributed by atoms with Crippen molar-refractivity contribution in [1.29, 1.82) is 0 Å². The molecule has 4 rings (SSSR count). The Labute approximate surface area is 227 Å². The van der Waals surface area contributed by atoms with Crippen molar-refractivity contribution in [3.05, 3.63) is 23.5 Å². The molecule has 216 valence electrons. The van der Waals surface area contributed by atoms with Crippen LogP contribution in [0.5, 0.6) is 0 Å². The van der Waals surface area contributed by atoms with E-state index in [9.17, 15) is 28.3 Å². The number of carboxylic acid groups (broad SMARTS) is 1. The van der Waals surface area contributed by atoms with Gasteiger partial charge in [-0.15, -0.1) is 0 Å². The third-order valence-electron chi connectivity index (χ3n) is 7.99. The van der Waals surface area contributed by atoms with Gasteiger partial charge in [-0.25, -0.2) is 4.79 Å². The number of fused-ring (bicyclic) bond motifs is 1. The van der Waals surface area contributed by atoms with Crippen LogP contribution < -0.4 is 4.90 Å². The number of hydrogen-bond donors (Lipinski definition) is 1. The van der Waals surface area contributed by atoms with Crippen molar-refractivity contribution >= 4 is 23.6 Å². The molecule has 3 aliphatic heterocycles. The van der Waals surface area contributed by atoms with Crippen LogP contribution in [0.4, 0.5) is 19.3 Å². The molecule has 3 amide bonds. The number of halogens is 2. The molecule has 0 spiro atoms. The Morgan fingerprint density at radius 1 is 1.23 bits per heavy atom. The molecule has 2 saturated heterocycles. The highest BCUT2D eigenvalue weighted by atomic mass is 19.3. The molecule has 3 aliphatic rings. The van der Waals surface area contributed by atoms with Gasteiger partial charge in [0.1, 0.15) is 12.3 Å². The molecule has 0 saturated carbocycles. The molecule has 12 heteroatoms. The molecule has 0 unspecified atom stereocenters. The maximum absolute atomic E-state index is 14.7. The SMILES string of the molecule is CCCC(F)(F)c1cc2c(cn1)C(C)(C)CN2C(=O)CN1C[C@@H](C)N(C(=O)O)C[C@@H]1CN1C[C@H](C)OCC1=O. The van der Waals surface area contributed by atoms with E-state index in [1.807, 2.05) is 25.7 Å². The summed E-state index contributed by atoms with van der Waals surface area (Å²) < 4.78 is 34.9. The van der Waals surface area contributed by atoms with E-state index in [1.165, 1.54) is 17.2 Å². The minimum atomic E-state index is -3.10. The number of amides is 3. The minimum absolute atomic E-state index is 0.0327. The standard InChI is InChI=1S/C27H39F2N5O5/c1-6-7-27(28,29)22-8-21-20(9-30-22)26(4,5)16-34(21)23(35)14-31-10-17(2)33(25(37)38)13-19(31)12-32-11-18(3)39-15-24(32)36/h8-9,17-19H,6-7,10-16H2,1-5H3,(H,37,38)/t17-,18+,19+/m1/s1. The smallest absolute Gasteiger partial charge is 0.407 e. The Hall–Kier alpha value is -2.86. The van der Waals surface area contributed by atoms with E-state index in [2.05, 4.69) is 4.98 Å². The number of hydrogen-bond acceptors (Lipinski definition) is 6. The lowest BCUT2D eigenvalue weighted by Gasteiger charge is -2.46. The van der Waals surface area contributed by atoms with Crippen molar-refractivity contribution < 1.29 is 33.0 Å². The average Bonchev–Trinajstić information content (AvgIpc) is 3.13. The number of nitrogens with zero attached hydrogens (tertiary/aromatic N) is 5. The minimum Gasteiger partial charge on any atom is -0.465 e. The first-order chi connectivity index (χ1) is 18.2. The van der Waals surface area contributed by atoms with Crippen LogP contribution in [-0.2, 0) is 25.7 Å². The van der Waals surface area contributed by atoms with Gasteiger partial charge in [0.2, 0.25) is 11.8 Å². The summed E-state index contributed by atoms with van der Waals surface area (Å²) in [4.78, 5) is 48.7. The highest BCUT2D eigenvalue weighted by Gasteiger charge is 2.43. The zero-order valence-electron chi connectivity index (χ0n) is 23.3. The first kappa shape index (κ1) is 29.1. The molecular weight excluding hydrogens is 512 g/mol. The molecule has 3 atom stereocenters. The molecule has 0 radical (unpaired) electrons. The van der Waals surface area contributed by atoms with Crippen molar-refractivity contribution in [3.63, 3.8) is 0 Å². The van der Waals surface area contributed by atoms with Gasteiger partial charge >= 0.3 is 6.09 Å². The number of carbonyl (C=O) groups is 3. The van der Waals surface area contributed by atoms with Crippen LogP contribution >= 0.6 is 0 Å². The summed E-state index contributed by atoms with van der Waals surface area (Å²) in [6.07, 6.45) is 0.231. The Balaban J connectivity index is 1.58. The second-order valence-electron chi connectivity index (χ2n) is 11.7. The molecule has 1 N–H and O–H groups in total. The summed E-state index contributed by atoms with van der Waals surface area (Å²) in [7, 11) is 0. The molecule has 4 heterocycles. The predicted octanol–water partition coefficient (Wildman–Crippen LogP) is 2.90. The maximum atomic E-state index is 14.7. The monoisotopic (exact) mass is 551 g/mol. The first-order valence-corrected chi connectivity index (χ1v) is 13.6. The Morgan fingerprint density at radius 2 is 1.95 bits per heavy atom. The number of aromatic nitrogens is 1. The number of anilines is 1. The number of rotatable bonds is 7. The van der Waals surface area contributed by atoms with Crippen LogP contribution in [0.3, 0.4) is 0 Å². The Kier molecular flexibility index (Phi) is 8.18. The number of morpholine rings is 1. The summed E-state index contributed by atoms with van der Waals surface area (Å²) in [5.74, 6) is -3.54. The summed E-state index contributed by atoms with van der Waals surface area (Å²) in [5, 5.41) is 9.73. The van der Waals surface area contributed by atoms with Crippen LogP contribution in [0, 0.1) is 0 Å². The van der Waals surface area contributed by atoms with E-state index in [0.29, 0.717) is 31.7 Å². The van der Waals surface area contributed by atoms with Crippen LogP contribution in [0.15, 0.2) is 12.3 Å². The number of alkyl halides is 2. The fourth-order valence-electron chi connectivity index (χ4n) is 5.82. The molecule has 39 heavy (non-hydrogen) atoms. The van der Waals surface area contributed by atoms with Gasteiger partial charge in [-0.3, -0.25) is 19.5 Å². The number of pyridine rings is 1. The van der Waals surface area contributed by atoms with E-state index in [1.54, 1.807) is 23.6 Å². The quantitative estimate of drug-likeness (QED) is 0.556. The predicted molar refractivity (Wildman–Crippen MR) is 140 cm³/mol. The van der Waals surface area contributed by atoms with Gasteiger partial charge in [0.05, 0.1) is 18.3 Å². The normalized spacial score (nSPS) is 25.7. The number of piperazine rings is 1. The molecule has 0 bridgehead atoms. The van der Waals surface area contributed by atoms with Gasteiger partial charge in [0.25, 0.3) is 5.92 Å². The average molecular weight is 552 g/mol. The lowest BCUT2D eigenvalue weighted by Crippen LogP contribution is -2.64. The number of ether oxygens (including phenoxy) is 1. The highest BCUT2D eigenvalue weighted by molar-refractivity contribution is 5.97. The fourth-order valence-corrected chi connectivity index (χ4v) is 5.82. The molecule has 1 aromatic rings. The van der Waals surface area contributed by atoms with Crippen molar-refractivity contribution in [2.24, 2.45) is 0 Å². The van der Waals surface area contributed by atoms with Gasteiger partial charge in [0, 0.05) is 68.4 Å². The van der Waals surface area contributed by atoms with E-state index in [-0.39, 0.29) is 62.3 Å². The van der Waals surface area contributed by atoms with Gasteiger partial charge in [-0.1, -0.05) is 27.2 Å². The molecule has 0 aromatic carbocycles. The van der Waals surface area contributed by atoms with Gasteiger partial charge in [-0.2, -0.15) is 8.78 Å². The lowest BCUT2D eigenvalue weighted by molar-refractivity contribution is -0.149. The van der Waals surface area contributed by atoms with Crippen LogP contribution in [0.1, 0.15) is 58.7 Å². The molecule has 1 aromatic heterocycles. The molecule has 10 nitrogen and oxygen atoms in total. The van der Waals surface area contributed by atoms with Crippen molar-refractivity contribution in [2.45, 2.75) is 77.0 Å². The summed E-state index contributed by atoms with van der Waals surface area (Å²) in [6, 6.07) is 0.567. The molecule has 2 fully saturated rings. The zero-order valence-corrected chi connectivity index (χ0v) is 23.3. The zero-order chi connectivity index (χ0) is 28.7. The van der Waals surface area contributed by atoms with Crippen LogP contribution in [0.25, 0.3) is 0 Å². The third-order valence-corrected chi connectivity index (χ3v) is 7.99. The van der Waals surface area contributed by atoms with Crippen molar-refractivity contribution in [1.82, 2.24) is 19.7 Å². The molecule has 0 aliphatic carbocycles. The fraction of sp³-hybridized carbons (Fsp3) is 0.704. The van der Waals surface area contributed by atoms with Gasteiger partial charge < -0.3 is 24.5 Å². The Bertz CT molecular complexity index is 1120. The number of carbonyl (C=O) groups excluding carboxylic acids is 2. The van der Waals surface area contributed by atoms with Gasteiger partial charge in [0.15, 0.2) is 0 Å². The topological polar surface area (TPSA) is 107 Å². The second-order valence-corrected chi connectivity index (χ2v) is 11.7. The second kappa shape index (κ2) is 11.0. The van der Waals surface area contributed by atoms with Crippen molar-refractivity contribution in [3.8, 4) is 0 Å². The Morgan fingerprint density at radius 3 is 2.62 bits per heavy atom.